The predicted octanol–water partition coefficient (Wildman–Crippen LogP) is 0.975. The van der Waals surface area contributed by atoms with E-state index < -0.39 is 17.9 Å². The van der Waals surface area contributed by atoms with E-state index >= 15 is 0 Å². The Hall–Kier alpha value is -2.63. The van der Waals surface area contributed by atoms with Gasteiger partial charge in [-0.25, -0.2) is 9.78 Å². The molecule has 0 saturated carbocycles. The SMILES string of the molecule is NC(=O)CC(Nc1nccc2ccccc12)C(=O)O. The van der Waals surface area contributed by atoms with E-state index in [1.807, 2.05) is 30.3 Å². The second-order valence-electron chi connectivity index (χ2n) is 4.09. The van der Waals surface area contributed by atoms with E-state index in [1.165, 1.54) is 0 Å². The van der Waals surface area contributed by atoms with Crippen molar-refractivity contribution >= 4 is 28.5 Å². The molecule has 1 heterocycles. The molecule has 0 aliphatic carbocycles. The van der Waals surface area contributed by atoms with Crippen LogP contribution in [-0.2, 0) is 9.59 Å². The predicted molar refractivity (Wildman–Crippen MR) is 70.6 cm³/mol. The van der Waals surface area contributed by atoms with Crippen LogP contribution in [0.1, 0.15) is 6.42 Å². The van der Waals surface area contributed by atoms with E-state index in [4.69, 9.17) is 10.8 Å². The molecular weight excluding hydrogens is 246 g/mol. The summed E-state index contributed by atoms with van der Waals surface area (Å²) in [6.45, 7) is 0. The van der Waals surface area contributed by atoms with E-state index in [0.717, 1.165) is 10.8 Å². The molecule has 0 aliphatic heterocycles. The third kappa shape index (κ3) is 2.98. The quantitative estimate of drug-likeness (QED) is 0.742. The van der Waals surface area contributed by atoms with Crippen LogP contribution in [0.4, 0.5) is 5.82 Å². The zero-order valence-electron chi connectivity index (χ0n) is 10.0. The summed E-state index contributed by atoms with van der Waals surface area (Å²) < 4.78 is 0. The van der Waals surface area contributed by atoms with Crippen molar-refractivity contribution in [3.63, 3.8) is 0 Å². The highest BCUT2D eigenvalue weighted by Crippen LogP contribution is 2.21. The number of hydrogen-bond acceptors (Lipinski definition) is 4. The first-order valence-electron chi connectivity index (χ1n) is 5.69. The molecule has 0 bridgehead atoms. The lowest BCUT2D eigenvalue weighted by atomic mass is 10.1. The molecule has 0 radical (unpaired) electrons. The van der Waals surface area contributed by atoms with Crippen molar-refractivity contribution in [1.29, 1.82) is 0 Å². The van der Waals surface area contributed by atoms with Gasteiger partial charge in [0.05, 0.1) is 6.42 Å². The minimum atomic E-state index is -1.14. The van der Waals surface area contributed by atoms with Gasteiger partial charge in [0, 0.05) is 11.6 Å². The summed E-state index contributed by atoms with van der Waals surface area (Å²) in [5.41, 5.74) is 5.03. The van der Waals surface area contributed by atoms with Crippen LogP contribution in [0.15, 0.2) is 36.5 Å². The second kappa shape index (κ2) is 5.34. The number of fused-ring (bicyclic) bond motifs is 1. The number of carboxylic acids is 1. The zero-order valence-corrected chi connectivity index (χ0v) is 10.0. The van der Waals surface area contributed by atoms with Gasteiger partial charge in [-0.1, -0.05) is 24.3 Å². The first kappa shape index (κ1) is 12.8. The van der Waals surface area contributed by atoms with Crippen LogP contribution in [0.5, 0.6) is 0 Å². The van der Waals surface area contributed by atoms with Crippen molar-refractivity contribution in [2.24, 2.45) is 5.73 Å². The molecule has 1 aromatic heterocycles. The molecular formula is C13H13N3O3. The number of carboxylic acid groups (broad SMARTS) is 1. The number of aromatic nitrogens is 1. The van der Waals surface area contributed by atoms with E-state index in [2.05, 4.69) is 10.3 Å². The lowest BCUT2D eigenvalue weighted by Crippen LogP contribution is -2.34. The third-order valence-corrected chi connectivity index (χ3v) is 2.69. The Morgan fingerprint density at radius 1 is 1.32 bits per heavy atom. The summed E-state index contributed by atoms with van der Waals surface area (Å²) in [4.78, 5) is 26.1. The second-order valence-corrected chi connectivity index (χ2v) is 4.09. The van der Waals surface area contributed by atoms with Gasteiger partial charge in [-0.05, 0) is 11.5 Å². The fraction of sp³-hybridized carbons (Fsp3) is 0.154. The van der Waals surface area contributed by atoms with Crippen molar-refractivity contribution in [2.75, 3.05) is 5.32 Å². The van der Waals surface area contributed by atoms with E-state index in [1.54, 1.807) is 6.20 Å². The maximum Gasteiger partial charge on any atom is 0.326 e. The number of anilines is 1. The fourth-order valence-electron chi connectivity index (χ4n) is 1.80. The summed E-state index contributed by atoms with van der Waals surface area (Å²) in [7, 11) is 0. The van der Waals surface area contributed by atoms with Crippen LogP contribution in [0, 0.1) is 0 Å². The Bertz CT molecular complexity index is 622. The first-order valence-corrected chi connectivity index (χ1v) is 5.69. The zero-order chi connectivity index (χ0) is 13.8. The molecule has 19 heavy (non-hydrogen) atoms. The van der Waals surface area contributed by atoms with Gasteiger partial charge in [0.15, 0.2) is 0 Å². The topological polar surface area (TPSA) is 105 Å². The van der Waals surface area contributed by atoms with Crippen LogP contribution in [-0.4, -0.2) is 28.0 Å². The number of rotatable bonds is 5. The minimum absolute atomic E-state index is 0.291. The molecule has 0 aliphatic rings. The molecule has 1 amide bonds. The maximum absolute atomic E-state index is 11.1. The van der Waals surface area contributed by atoms with Gasteiger partial charge in [0.25, 0.3) is 0 Å². The Morgan fingerprint density at radius 2 is 2.05 bits per heavy atom. The van der Waals surface area contributed by atoms with Gasteiger partial charge < -0.3 is 16.2 Å². The van der Waals surface area contributed by atoms with Crippen LogP contribution >= 0.6 is 0 Å². The highest BCUT2D eigenvalue weighted by atomic mass is 16.4. The van der Waals surface area contributed by atoms with Crippen LogP contribution in [0.2, 0.25) is 0 Å². The van der Waals surface area contributed by atoms with E-state index in [9.17, 15) is 9.59 Å². The van der Waals surface area contributed by atoms with Gasteiger partial charge in [0.1, 0.15) is 11.9 Å². The number of hydrogen-bond donors (Lipinski definition) is 3. The first-order chi connectivity index (χ1) is 9.08. The van der Waals surface area contributed by atoms with E-state index in [-0.39, 0.29) is 6.42 Å². The van der Waals surface area contributed by atoms with Crippen molar-refractivity contribution in [1.82, 2.24) is 4.98 Å². The number of nitrogens with one attached hydrogen (secondary N) is 1. The number of aliphatic carboxylic acids is 1. The molecule has 1 aromatic carbocycles. The molecule has 6 heteroatoms. The Kier molecular flexibility index (Phi) is 3.61. The summed E-state index contributed by atoms with van der Waals surface area (Å²) >= 11 is 0. The lowest BCUT2D eigenvalue weighted by Gasteiger charge is -2.14. The smallest absolute Gasteiger partial charge is 0.326 e. The Balaban J connectivity index is 2.33. The molecule has 0 spiro atoms. The van der Waals surface area contributed by atoms with E-state index in [0.29, 0.717) is 5.82 Å². The summed E-state index contributed by atoms with van der Waals surface area (Å²) in [5.74, 6) is -1.40. The van der Waals surface area contributed by atoms with Gasteiger partial charge in [-0.15, -0.1) is 0 Å². The van der Waals surface area contributed by atoms with Gasteiger partial charge >= 0.3 is 5.97 Å². The number of carbonyl (C=O) groups is 2. The fourth-order valence-corrected chi connectivity index (χ4v) is 1.80. The van der Waals surface area contributed by atoms with Crippen LogP contribution in [0.3, 0.4) is 0 Å². The van der Waals surface area contributed by atoms with Crippen molar-refractivity contribution in [3.05, 3.63) is 36.5 Å². The number of nitrogens with two attached hydrogens (primary N) is 1. The molecule has 6 nitrogen and oxygen atoms in total. The summed E-state index contributed by atoms with van der Waals surface area (Å²) in [5, 5.41) is 13.5. The van der Waals surface area contributed by atoms with Crippen LogP contribution in [0.25, 0.3) is 10.8 Å². The van der Waals surface area contributed by atoms with Crippen LogP contribution < -0.4 is 11.1 Å². The Labute approximate surface area is 109 Å². The number of benzene rings is 1. The number of amides is 1. The molecule has 0 saturated heterocycles. The molecule has 4 N–H and O–H groups in total. The molecule has 0 fully saturated rings. The summed E-state index contributed by atoms with van der Waals surface area (Å²) in [6, 6.07) is 8.17. The normalized spacial score (nSPS) is 12.0. The average molecular weight is 259 g/mol. The highest BCUT2D eigenvalue weighted by Gasteiger charge is 2.20. The number of primary amides is 1. The van der Waals surface area contributed by atoms with Gasteiger partial charge in [0.2, 0.25) is 5.91 Å². The minimum Gasteiger partial charge on any atom is -0.480 e. The van der Waals surface area contributed by atoms with Gasteiger partial charge in [-0.3, -0.25) is 4.79 Å². The molecule has 2 aromatic rings. The number of carbonyl (C=O) groups excluding carboxylic acids is 1. The Morgan fingerprint density at radius 3 is 2.74 bits per heavy atom. The lowest BCUT2D eigenvalue weighted by molar-refractivity contribution is -0.139. The number of nitrogens with zero attached hydrogens (tertiary/aromatic N) is 1. The maximum atomic E-state index is 11.1. The van der Waals surface area contributed by atoms with Crippen molar-refractivity contribution in [3.8, 4) is 0 Å². The molecule has 1 unspecified atom stereocenters. The standard InChI is InChI=1S/C13H13N3O3/c14-11(17)7-10(13(18)19)16-12-9-4-2-1-3-8(9)5-6-15-12/h1-6,10H,7H2,(H2,14,17)(H,15,16)(H,18,19). The number of pyridine rings is 1. The van der Waals surface area contributed by atoms with Crippen molar-refractivity contribution in [2.45, 2.75) is 12.5 Å². The monoisotopic (exact) mass is 259 g/mol. The average Bonchev–Trinajstić information content (AvgIpc) is 2.37. The van der Waals surface area contributed by atoms with Crippen molar-refractivity contribution < 1.29 is 14.7 Å². The molecule has 98 valence electrons. The molecule has 1 atom stereocenters. The molecule has 2 rings (SSSR count). The summed E-state index contributed by atoms with van der Waals surface area (Å²) in [6.07, 6.45) is 1.29. The van der Waals surface area contributed by atoms with Gasteiger partial charge in [-0.2, -0.15) is 0 Å². The highest BCUT2D eigenvalue weighted by molar-refractivity contribution is 5.94. The third-order valence-electron chi connectivity index (χ3n) is 2.69. The largest absolute Gasteiger partial charge is 0.480 e.